The van der Waals surface area contributed by atoms with Gasteiger partial charge in [0.05, 0.1) is 0 Å². The molecule has 96 valence electrons. The molecule has 0 aromatic carbocycles. The first-order chi connectivity index (χ1) is 8.31. The number of aromatic nitrogens is 2. The lowest BCUT2D eigenvalue weighted by Crippen LogP contribution is -2.25. The molecule has 2 rings (SSSR count). The first kappa shape index (κ1) is 12.3. The summed E-state index contributed by atoms with van der Waals surface area (Å²) in [6.07, 6.45) is 4.55. The predicted molar refractivity (Wildman–Crippen MR) is 63.6 cm³/mol. The smallest absolute Gasteiger partial charge is 0.266 e. The molecule has 1 aliphatic heterocycles. The number of nitrogens with two attached hydrogens (primary N) is 1. The van der Waals surface area contributed by atoms with Crippen molar-refractivity contribution in [1.29, 1.82) is 0 Å². The van der Waals surface area contributed by atoms with Gasteiger partial charge in [-0.05, 0) is 31.0 Å². The van der Waals surface area contributed by atoms with E-state index in [1.54, 1.807) is 0 Å². The number of nitrogens with zero attached hydrogens (tertiary/aromatic N) is 3. The molecule has 1 aromatic rings. The highest BCUT2D eigenvalue weighted by Gasteiger charge is 2.19. The molecule has 6 heteroatoms. The summed E-state index contributed by atoms with van der Waals surface area (Å²) < 4.78 is 5.06. The van der Waals surface area contributed by atoms with E-state index in [2.05, 4.69) is 15.0 Å². The third-order valence-electron chi connectivity index (χ3n) is 3.05. The largest absolute Gasteiger partial charge is 0.383 e. The predicted octanol–water partition coefficient (Wildman–Crippen LogP) is 0.832. The van der Waals surface area contributed by atoms with Crippen LogP contribution in [-0.4, -0.2) is 34.9 Å². The maximum Gasteiger partial charge on any atom is 0.266 e. The summed E-state index contributed by atoms with van der Waals surface area (Å²) in [6, 6.07) is 0. The quantitative estimate of drug-likeness (QED) is 0.810. The minimum Gasteiger partial charge on any atom is -0.383 e. The Bertz CT molecular complexity index is 334. The summed E-state index contributed by atoms with van der Waals surface area (Å²) in [7, 11) is 0. The molecule has 1 aliphatic rings. The lowest BCUT2D eigenvalue weighted by molar-refractivity contribution is 0.127. The zero-order valence-electron chi connectivity index (χ0n) is 10.0. The first-order valence-electron chi connectivity index (χ1n) is 6.28. The number of hydrogen-bond donors (Lipinski definition) is 2. The minimum atomic E-state index is -0.742. The summed E-state index contributed by atoms with van der Waals surface area (Å²) in [5.41, 5.74) is 5.38. The average molecular weight is 240 g/mol. The van der Waals surface area contributed by atoms with E-state index in [1.165, 1.54) is 12.8 Å². The fourth-order valence-corrected chi connectivity index (χ4v) is 2.04. The summed E-state index contributed by atoms with van der Waals surface area (Å²) in [4.78, 5) is 6.36. The zero-order valence-corrected chi connectivity index (χ0v) is 10.0. The van der Waals surface area contributed by atoms with Crippen LogP contribution in [0.4, 0.5) is 5.95 Å². The van der Waals surface area contributed by atoms with E-state index in [0.717, 1.165) is 25.9 Å². The van der Waals surface area contributed by atoms with Crippen molar-refractivity contribution in [3.8, 4) is 0 Å². The van der Waals surface area contributed by atoms with Gasteiger partial charge in [0.1, 0.15) is 6.10 Å². The molecule has 1 unspecified atom stereocenters. The average Bonchev–Trinajstić information content (AvgIpc) is 2.66. The van der Waals surface area contributed by atoms with Crippen LogP contribution in [0, 0.1) is 0 Å². The second-order valence-corrected chi connectivity index (χ2v) is 4.43. The Morgan fingerprint density at radius 1 is 1.29 bits per heavy atom. The van der Waals surface area contributed by atoms with Gasteiger partial charge in [-0.2, -0.15) is 4.98 Å². The van der Waals surface area contributed by atoms with Crippen LogP contribution >= 0.6 is 0 Å². The van der Waals surface area contributed by atoms with Crippen LogP contribution < -0.4 is 10.6 Å². The highest BCUT2D eigenvalue weighted by atomic mass is 16.5. The van der Waals surface area contributed by atoms with Gasteiger partial charge in [0, 0.05) is 13.1 Å². The highest BCUT2D eigenvalue weighted by Crippen LogP contribution is 2.20. The number of hydrogen-bond acceptors (Lipinski definition) is 6. The van der Waals surface area contributed by atoms with Gasteiger partial charge in [-0.25, -0.2) is 0 Å². The maximum atomic E-state index is 9.69. The van der Waals surface area contributed by atoms with E-state index >= 15 is 0 Å². The number of aliphatic hydroxyl groups is 1. The van der Waals surface area contributed by atoms with E-state index in [1.807, 2.05) is 0 Å². The minimum absolute atomic E-state index is 0.273. The molecule has 6 nitrogen and oxygen atoms in total. The molecule has 0 spiro atoms. The SMILES string of the molecule is NCCC(O)c1nc(N2CCCCCC2)no1. The van der Waals surface area contributed by atoms with Crippen molar-refractivity contribution in [3.63, 3.8) is 0 Å². The Kier molecular flexibility index (Phi) is 4.33. The van der Waals surface area contributed by atoms with Crippen LogP contribution in [0.25, 0.3) is 0 Å². The molecule has 0 bridgehead atoms. The number of aliphatic hydroxyl groups excluding tert-OH is 1. The molecule has 3 N–H and O–H groups in total. The van der Waals surface area contributed by atoms with Crippen LogP contribution in [0.5, 0.6) is 0 Å². The van der Waals surface area contributed by atoms with Gasteiger partial charge in [-0.15, -0.1) is 0 Å². The molecule has 0 saturated carbocycles. The fraction of sp³-hybridized carbons (Fsp3) is 0.818. The van der Waals surface area contributed by atoms with E-state index in [-0.39, 0.29) is 5.89 Å². The van der Waals surface area contributed by atoms with Crippen molar-refractivity contribution >= 4 is 5.95 Å². The van der Waals surface area contributed by atoms with Crippen LogP contribution in [0.2, 0.25) is 0 Å². The zero-order chi connectivity index (χ0) is 12.1. The molecule has 1 saturated heterocycles. The maximum absolute atomic E-state index is 9.69. The van der Waals surface area contributed by atoms with E-state index in [4.69, 9.17) is 10.3 Å². The monoisotopic (exact) mass is 240 g/mol. The van der Waals surface area contributed by atoms with E-state index in [9.17, 15) is 5.11 Å². The van der Waals surface area contributed by atoms with Gasteiger partial charge in [0.15, 0.2) is 0 Å². The van der Waals surface area contributed by atoms with Gasteiger partial charge < -0.3 is 20.3 Å². The van der Waals surface area contributed by atoms with Gasteiger partial charge in [-0.1, -0.05) is 12.8 Å². The molecule has 1 fully saturated rings. The van der Waals surface area contributed by atoms with Crippen molar-refractivity contribution in [2.75, 3.05) is 24.5 Å². The summed E-state index contributed by atoms with van der Waals surface area (Å²) >= 11 is 0. The molecule has 0 aliphatic carbocycles. The number of anilines is 1. The van der Waals surface area contributed by atoms with E-state index < -0.39 is 6.10 Å². The van der Waals surface area contributed by atoms with Gasteiger partial charge in [-0.3, -0.25) is 0 Å². The van der Waals surface area contributed by atoms with E-state index in [0.29, 0.717) is 18.9 Å². The second kappa shape index (κ2) is 5.97. The van der Waals surface area contributed by atoms with Crippen molar-refractivity contribution in [2.45, 2.75) is 38.2 Å². The van der Waals surface area contributed by atoms with Gasteiger partial charge in [0.2, 0.25) is 0 Å². The third-order valence-corrected chi connectivity index (χ3v) is 3.05. The van der Waals surface area contributed by atoms with Crippen molar-refractivity contribution in [3.05, 3.63) is 5.89 Å². The molecular weight excluding hydrogens is 220 g/mol. The Morgan fingerprint density at radius 3 is 2.65 bits per heavy atom. The van der Waals surface area contributed by atoms with Gasteiger partial charge >= 0.3 is 0 Å². The Balaban J connectivity index is 2.01. The standard InChI is InChI=1S/C11H20N4O2/c12-6-5-9(16)10-13-11(14-17-10)15-7-3-1-2-4-8-15/h9,16H,1-8,12H2. The lowest BCUT2D eigenvalue weighted by Gasteiger charge is -2.16. The summed E-state index contributed by atoms with van der Waals surface area (Å²) in [6.45, 7) is 2.33. The molecule has 0 amide bonds. The lowest BCUT2D eigenvalue weighted by atomic mass is 10.2. The third kappa shape index (κ3) is 3.17. The Labute approximate surface area is 101 Å². The van der Waals surface area contributed by atoms with Crippen LogP contribution in [-0.2, 0) is 0 Å². The van der Waals surface area contributed by atoms with Crippen LogP contribution in [0.3, 0.4) is 0 Å². The molecule has 2 heterocycles. The summed E-state index contributed by atoms with van der Waals surface area (Å²) in [5.74, 6) is 0.868. The molecular formula is C11H20N4O2. The molecule has 0 radical (unpaired) electrons. The number of rotatable bonds is 4. The molecule has 1 atom stereocenters. The first-order valence-corrected chi connectivity index (χ1v) is 6.28. The Morgan fingerprint density at radius 2 is 2.00 bits per heavy atom. The van der Waals surface area contributed by atoms with Crippen LogP contribution in [0.1, 0.15) is 44.1 Å². The van der Waals surface area contributed by atoms with Crippen LogP contribution in [0.15, 0.2) is 4.52 Å². The van der Waals surface area contributed by atoms with Crippen molar-refractivity contribution in [1.82, 2.24) is 10.1 Å². The molecule has 1 aromatic heterocycles. The fourth-order valence-electron chi connectivity index (χ4n) is 2.04. The second-order valence-electron chi connectivity index (χ2n) is 4.43. The normalized spacial score (nSPS) is 19.1. The summed E-state index contributed by atoms with van der Waals surface area (Å²) in [5, 5.41) is 13.6. The van der Waals surface area contributed by atoms with Crippen molar-refractivity contribution in [2.24, 2.45) is 5.73 Å². The Hall–Kier alpha value is -1.14. The van der Waals surface area contributed by atoms with Gasteiger partial charge in [0.25, 0.3) is 11.8 Å². The highest BCUT2D eigenvalue weighted by molar-refractivity contribution is 5.27. The van der Waals surface area contributed by atoms with Crippen molar-refractivity contribution < 1.29 is 9.63 Å². The molecule has 17 heavy (non-hydrogen) atoms. The topological polar surface area (TPSA) is 88.4 Å².